The van der Waals surface area contributed by atoms with Gasteiger partial charge in [-0.1, -0.05) is 6.58 Å². The lowest BCUT2D eigenvalue weighted by Crippen LogP contribution is -2.26. The van der Waals surface area contributed by atoms with Crippen molar-refractivity contribution in [1.82, 2.24) is 4.90 Å². The number of rotatable bonds is 2. The monoisotopic (exact) mass is 191 g/mol. The average molecular weight is 191 g/mol. The van der Waals surface area contributed by atoms with Gasteiger partial charge in [0.1, 0.15) is 5.76 Å². The van der Waals surface area contributed by atoms with Crippen LogP contribution in [0.1, 0.15) is 18.1 Å². The van der Waals surface area contributed by atoms with Crippen molar-refractivity contribution >= 4 is 5.91 Å². The molecule has 1 aliphatic heterocycles. The molecule has 74 valence electrons. The molecule has 2 rings (SSSR count). The zero-order chi connectivity index (χ0) is 9.97. The van der Waals surface area contributed by atoms with Gasteiger partial charge < -0.3 is 9.32 Å². The van der Waals surface area contributed by atoms with Crippen LogP contribution in [-0.2, 0) is 4.79 Å². The van der Waals surface area contributed by atoms with Crippen molar-refractivity contribution in [3.05, 3.63) is 36.8 Å². The summed E-state index contributed by atoms with van der Waals surface area (Å²) >= 11 is 0. The van der Waals surface area contributed by atoms with Crippen LogP contribution in [0, 0.1) is 0 Å². The maximum absolute atomic E-state index is 11.3. The molecular weight excluding hydrogens is 178 g/mol. The van der Waals surface area contributed by atoms with Crippen molar-refractivity contribution in [2.24, 2.45) is 0 Å². The van der Waals surface area contributed by atoms with E-state index in [0.717, 1.165) is 25.3 Å². The molecule has 0 radical (unpaired) electrons. The highest BCUT2D eigenvalue weighted by Crippen LogP contribution is 2.27. The van der Waals surface area contributed by atoms with E-state index in [2.05, 4.69) is 6.58 Å². The molecule has 1 amide bonds. The summed E-state index contributed by atoms with van der Waals surface area (Å²) in [5, 5.41) is 0. The SMILES string of the molecule is C=CC(=O)N1CCC(c2ccco2)C1. The van der Waals surface area contributed by atoms with Crippen molar-refractivity contribution in [1.29, 1.82) is 0 Å². The van der Waals surface area contributed by atoms with Crippen LogP contribution in [-0.4, -0.2) is 23.9 Å². The van der Waals surface area contributed by atoms with E-state index >= 15 is 0 Å². The lowest BCUT2D eigenvalue weighted by molar-refractivity contribution is -0.125. The second kappa shape index (κ2) is 3.70. The third-order valence-electron chi connectivity index (χ3n) is 2.62. The fraction of sp³-hybridized carbons (Fsp3) is 0.364. The van der Waals surface area contributed by atoms with Crippen molar-refractivity contribution in [3.63, 3.8) is 0 Å². The van der Waals surface area contributed by atoms with E-state index in [0.29, 0.717) is 5.92 Å². The van der Waals surface area contributed by atoms with E-state index in [1.54, 1.807) is 11.2 Å². The highest BCUT2D eigenvalue weighted by Gasteiger charge is 2.27. The molecule has 1 aromatic rings. The minimum absolute atomic E-state index is 0.0130. The second-order valence-electron chi connectivity index (χ2n) is 3.49. The summed E-state index contributed by atoms with van der Waals surface area (Å²) in [6.07, 6.45) is 4.02. The molecule has 0 aliphatic carbocycles. The van der Waals surface area contributed by atoms with Crippen molar-refractivity contribution in [2.75, 3.05) is 13.1 Å². The van der Waals surface area contributed by atoms with Crippen LogP contribution < -0.4 is 0 Å². The van der Waals surface area contributed by atoms with E-state index in [4.69, 9.17) is 4.42 Å². The molecule has 3 heteroatoms. The molecular formula is C11H13NO2. The number of amides is 1. The first-order valence-electron chi connectivity index (χ1n) is 4.76. The number of carbonyl (C=O) groups excluding carboxylic acids is 1. The van der Waals surface area contributed by atoms with Gasteiger partial charge >= 0.3 is 0 Å². The summed E-state index contributed by atoms with van der Waals surface area (Å²) in [7, 11) is 0. The fourth-order valence-corrected chi connectivity index (χ4v) is 1.85. The Morgan fingerprint density at radius 3 is 3.21 bits per heavy atom. The predicted molar refractivity (Wildman–Crippen MR) is 52.8 cm³/mol. The molecule has 0 spiro atoms. The number of furan rings is 1. The Bertz CT molecular complexity index is 329. The third-order valence-corrected chi connectivity index (χ3v) is 2.62. The van der Waals surface area contributed by atoms with E-state index in [1.807, 2.05) is 12.1 Å². The number of hydrogen-bond donors (Lipinski definition) is 0. The smallest absolute Gasteiger partial charge is 0.245 e. The van der Waals surface area contributed by atoms with E-state index < -0.39 is 0 Å². The van der Waals surface area contributed by atoms with Gasteiger partial charge in [0.05, 0.1) is 6.26 Å². The molecule has 3 nitrogen and oxygen atoms in total. The molecule has 1 atom stereocenters. The van der Waals surface area contributed by atoms with Crippen LogP contribution in [0.2, 0.25) is 0 Å². The summed E-state index contributed by atoms with van der Waals surface area (Å²) in [4.78, 5) is 13.1. The molecule has 0 aromatic carbocycles. The second-order valence-corrected chi connectivity index (χ2v) is 3.49. The molecule has 1 fully saturated rings. The third kappa shape index (κ3) is 1.58. The van der Waals surface area contributed by atoms with Gasteiger partial charge in [0, 0.05) is 19.0 Å². The number of carbonyl (C=O) groups is 1. The first-order valence-corrected chi connectivity index (χ1v) is 4.76. The zero-order valence-corrected chi connectivity index (χ0v) is 7.98. The lowest BCUT2D eigenvalue weighted by Gasteiger charge is -2.12. The normalized spacial score (nSPS) is 21.1. The Morgan fingerprint density at radius 1 is 1.71 bits per heavy atom. The van der Waals surface area contributed by atoms with Crippen LogP contribution in [0.5, 0.6) is 0 Å². The van der Waals surface area contributed by atoms with Crippen molar-refractivity contribution in [3.8, 4) is 0 Å². The molecule has 0 N–H and O–H groups in total. The van der Waals surface area contributed by atoms with Crippen LogP contribution in [0.25, 0.3) is 0 Å². The van der Waals surface area contributed by atoms with Crippen LogP contribution in [0.15, 0.2) is 35.5 Å². The van der Waals surface area contributed by atoms with Gasteiger partial charge in [-0.3, -0.25) is 4.79 Å². The fourth-order valence-electron chi connectivity index (χ4n) is 1.85. The van der Waals surface area contributed by atoms with Gasteiger partial charge in [-0.25, -0.2) is 0 Å². The van der Waals surface area contributed by atoms with Crippen LogP contribution >= 0.6 is 0 Å². The minimum atomic E-state index is 0.0130. The largest absolute Gasteiger partial charge is 0.469 e. The maximum Gasteiger partial charge on any atom is 0.245 e. The number of nitrogens with zero attached hydrogens (tertiary/aromatic N) is 1. The van der Waals surface area contributed by atoms with Crippen molar-refractivity contribution in [2.45, 2.75) is 12.3 Å². The van der Waals surface area contributed by atoms with Gasteiger partial charge in [-0.15, -0.1) is 0 Å². The molecule has 1 aliphatic rings. The number of hydrogen-bond acceptors (Lipinski definition) is 2. The van der Waals surface area contributed by atoms with E-state index in [-0.39, 0.29) is 5.91 Å². The molecule has 0 saturated carbocycles. The molecule has 14 heavy (non-hydrogen) atoms. The standard InChI is InChI=1S/C11H13NO2/c1-2-11(13)12-6-5-9(8-12)10-4-3-7-14-10/h2-4,7,9H,1,5-6,8H2. The van der Waals surface area contributed by atoms with Gasteiger partial charge in [-0.2, -0.15) is 0 Å². The molecule has 1 unspecified atom stereocenters. The first-order chi connectivity index (χ1) is 6.81. The Morgan fingerprint density at radius 2 is 2.57 bits per heavy atom. The Balaban J connectivity index is 2.02. The average Bonchev–Trinajstić information content (AvgIpc) is 2.86. The Hall–Kier alpha value is -1.51. The quantitative estimate of drug-likeness (QED) is 0.668. The molecule has 0 bridgehead atoms. The summed E-state index contributed by atoms with van der Waals surface area (Å²) in [6, 6.07) is 3.85. The first kappa shape index (κ1) is 9.06. The summed E-state index contributed by atoms with van der Waals surface area (Å²) < 4.78 is 5.32. The highest BCUT2D eigenvalue weighted by atomic mass is 16.3. The topological polar surface area (TPSA) is 33.5 Å². The lowest BCUT2D eigenvalue weighted by atomic mass is 10.1. The predicted octanol–water partition coefficient (Wildman–Crippen LogP) is 1.78. The van der Waals surface area contributed by atoms with E-state index in [1.165, 1.54) is 6.08 Å². The molecule has 1 aromatic heterocycles. The minimum Gasteiger partial charge on any atom is -0.469 e. The van der Waals surface area contributed by atoms with Gasteiger partial charge in [0.25, 0.3) is 0 Å². The van der Waals surface area contributed by atoms with Gasteiger partial charge in [0.15, 0.2) is 0 Å². The number of likely N-dealkylation sites (tertiary alicyclic amines) is 1. The zero-order valence-electron chi connectivity index (χ0n) is 7.98. The van der Waals surface area contributed by atoms with E-state index in [9.17, 15) is 4.79 Å². The molecule has 1 saturated heterocycles. The summed E-state index contributed by atoms with van der Waals surface area (Å²) in [6.45, 7) is 5.03. The van der Waals surface area contributed by atoms with Gasteiger partial charge in [-0.05, 0) is 24.6 Å². The Kier molecular flexibility index (Phi) is 2.39. The molecule has 2 heterocycles. The highest BCUT2D eigenvalue weighted by molar-refractivity contribution is 5.87. The summed E-state index contributed by atoms with van der Waals surface area (Å²) in [5.41, 5.74) is 0. The summed E-state index contributed by atoms with van der Waals surface area (Å²) in [5.74, 6) is 1.34. The Labute approximate surface area is 83.0 Å². The maximum atomic E-state index is 11.3. The van der Waals surface area contributed by atoms with Crippen LogP contribution in [0.3, 0.4) is 0 Å². The van der Waals surface area contributed by atoms with Crippen molar-refractivity contribution < 1.29 is 9.21 Å². The van der Waals surface area contributed by atoms with Crippen LogP contribution in [0.4, 0.5) is 0 Å². The van der Waals surface area contributed by atoms with Gasteiger partial charge in [0.2, 0.25) is 5.91 Å².